The Kier molecular flexibility index (Phi) is 3.25. The zero-order valence-corrected chi connectivity index (χ0v) is 9.86. The molecule has 1 saturated heterocycles. The van der Waals surface area contributed by atoms with Crippen molar-refractivity contribution >= 4 is 5.91 Å². The van der Waals surface area contributed by atoms with Gasteiger partial charge in [-0.05, 0) is 32.0 Å². The molecule has 1 aromatic carbocycles. The van der Waals surface area contributed by atoms with Gasteiger partial charge in [-0.3, -0.25) is 4.79 Å². The Morgan fingerprint density at radius 1 is 1.38 bits per heavy atom. The maximum atomic E-state index is 12.1. The summed E-state index contributed by atoms with van der Waals surface area (Å²) in [6, 6.07) is 8.10. The monoisotopic (exact) mass is 218 g/mol. The van der Waals surface area contributed by atoms with E-state index in [4.69, 9.17) is 0 Å². The van der Waals surface area contributed by atoms with Crippen molar-refractivity contribution in [3.05, 3.63) is 35.4 Å². The van der Waals surface area contributed by atoms with E-state index >= 15 is 0 Å². The van der Waals surface area contributed by atoms with E-state index in [0.29, 0.717) is 6.04 Å². The van der Waals surface area contributed by atoms with Gasteiger partial charge in [0.15, 0.2) is 0 Å². The molecule has 0 unspecified atom stereocenters. The number of hydrogen-bond acceptors (Lipinski definition) is 2. The van der Waals surface area contributed by atoms with Crippen molar-refractivity contribution in [1.82, 2.24) is 10.2 Å². The van der Waals surface area contributed by atoms with Crippen molar-refractivity contribution < 1.29 is 4.79 Å². The molecule has 0 bridgehead atoms. The molecule has 1 atom stereocenters. The minimum Gasteiger partial charge on any atom is -0.337 e. The van der Waals surface area contributed by atoms with Gasteiger partial charge in [-0.25, -0.2) is 0 Å². The van der Waals surface area contributed by atoms with Crippen molar-refractivity contribution in [3.8, 4) is 0 Å². The first-order chi connectivity index (χ1) is 7.68. The number of hydrogen-bond donors (Lipinski definition) is 1. The van der Waals surface area contributed by atoms with Crippen LogP contribution >= 0.6 is 0 Å². The van der Waals surface area contributed by atoms with Crippen LogP contribution in [0.25, 0.3) is 0 Å². The smallest absolute Gasteiger partial charge is 0.253 e. The number of benzene rings is 1. The molecule has 0 radical (unpaired) electrons. The second-order valence-electron chi connectivity index (χ2n) is 4.43. The van der Waals surface area contributed by atoms with E-state index in [0.717, 1.165) is 25.1 Å². The molecule has 0 aliphatic carbocycles. The zero-order valence-electron chi connectivity index (χ0n) is 9.86. The van der Waals surface area contributed by atoms with Crippen LogP contribution in [0.3, 0.4) is 0 Å². The number of rotatable bonds is 2. The molecule has 1 fully saturated rings. The molecule has 0 aromatic heterocycles. The average Bonchev–Trinajstić information content (AvgIpc) is 2.81. The van der Waals surface area contributed by atoms with Crippen molar-refractivity contribution in [1.29, 1.82) is 0 Å². The fourth-order valence-electron chi connectivity index (χ4n) is 2.04. The minimum absolute atomic E-state index is 0.119. The van der Waals surface area contributed by atoms with Gasteiger partial charge in [0.2, 0.25) is 0 Å². The zero-order chi connectivity index (χ0) is 11.5. The second-order valence-corrected chi connectivity index (χ2v) is 4.43. The summed E-state index contributed by atoms with van der Waals surface area (Å²) in [5, 5.41) is 3.27. The molecule has 86 valence electrons. The molecule has 2 rings (SSSR count). The van der Waals surface area contributed by atoms with E-state index in [-0.39, 0.29) is 5.91 Å². The predicted molar refractivity (Wildman–Crippen MR) is 64.5 cm³/mol. The summed E-state index contributed by atoms with van der Waals surface area (Å²) in [7, 11) is 1.89. The number of likely N-dealkylation sites (N-methyl/N-ethyl adjacent to an activating group) is 1. The van der Waals surface area contributed by atoms with Crippen molar-refractivity contribution in [2.24, 2.45) is 0 Å². The molecule has 1 amide bonds. The molecule has 0 spiro atoms. The van der Waals surface area contributed by atoms with Gasteiger partial charge in [0.05, 0.1) is 0 Å². The van der Waals surface area contributed by atoms with Crippen molar-refractivity contribution in [2.45, 2.75) is 19.4 Å². The summed E-state index contributed by atoms with van der Waals surface area (Å²) < 4.78 is 0. The molecule has 1 aliphatic heterocycles. The van der Waals surface area contributed by atoms with E-state index in [1.54, 1.807) is 0 Å². The Balaban J connectivity index is 2.08. The fourth-order valence-corrected chi connectivity index (χ4v) is 2.04. The Morgan fingerprint density at radius 2 is 2.06 bits per heavy atom. The molecule has 1 aliphatic rings. The molecule has 3 nitrogen and oxygen atoms in total. The average molecular weight is 218 g/mol. The number of aryl methyl sites for hydroxylation is 1. The van der Waals surface area contributed by atoms with Gasteiger partial charge in [-0.2, -0.15) is 0 Å². The maximum Gasteiger partial charge on any atom is 0.253 e. The van der Waals surface area contributed by atoms with Gasteiger partial charge in [-0.1, -0.05) is 17.7 Å². The van der Waals surface area contributed by atoms with Gasteiger partial charge in [-0.15, -0.1) is 0 Å². The first-order valence-corrected chi connectivity index (χ1v) is 5.73. The van der Waals surface area contributed by atoms with Crippen LogP contribution in [-0.2, 0) is 0 Å². The Hall–Kier alpha value is -1.35. The number of carbonyl (C=O) groups excluding carboxylic acids is 1. The van der Waals surface area contributed by atoms with E-state index in [2.05, 4.69) is 5.32 Å². The SMILES string of the molecule is Cc1ccc(C(=O)N(C)[C@@H]2CCNC2)cc1. The highest BCUT2D eigenvalue weighted by Crippen LogP contribution is 2.12. The Bertz CT molecular complexity index is 366. The normalized spacial score (nSPS) is 19.8. The summed E-state index contributed by atoms with van der Waals surface area (Å²) in [6.07, 6.45) is 1.05. The van der Waals surface area contributed by atoms with Crippen LogP contribution in [0.4, 0.5) is 0 Å². The number of nitrogens with one attached hydrogen (secondary N) is 1. The van der Waals surface area contributed by atoms with E-state index < -0.39 is 0 Å². The molecular weight excluding hydrogens is 200 g/mol. The van der Waals surface area contributed by atoms with Gasteiger partial charge >= 0.3 is 0 Å². The lowest BCUT2D eigenvalue weighted by molar-refractivity contribution is 0.0744. The van der Waals surface area contributed by atoms with Gasteiger partial charge in [0, 0.05) is 25.2 Å². The number of nitrogens with zero attached hydrogens (tertiary/aromatic N) is 1. The summed E-state index contributed by atoms with van der Waals surface area (Å²) in [6.45, 7) is 3.95. The summed E-state index contributed by atoms with van der Waals surface area (Å²) in [4.78, 5) is 14.0. The molecular formula is C13H18N2O. The lowest BCUT2D eigenvalue weighted by atomic mass is 10.1. The number of carbonyl (C=O) groups is 1. The minimum atomic E-state index is 0.119. The van der Waals surface area contributed by atoms with E-state index in [1.807, 2.05) is 43.1 Å². The summed E-state index contributed by atoms with van der Waals surface area (Å²) in [5.41, 5.74) is 1.96. The standard InChI is InChI=1S/C13H18N2O/c1-10-3-5-11(6-4-10)13(16)15(2)12-7-8-14-9-12/h3-6,12,14H,7-9H2,1-2H3/t12-/m1/s1. The van der Waals surface area contributed by atoms with E-state index in [1.165, 1.54) is 5.56 Å². The van der Waals surface area contributed by atoms with Crippen LogP contribution in [0.2, 0.25) is 0 Å². The quantitative estimate of drug-likeness (QED) is 0.814. The third kappa shape index (κ3) is 2.25. The first kappa shape index (κ1) is 11.1. The lowest BCUT2D eigenvalue weighted by Gasteiger charge is -2.23. The lowest BCUT2D eigenvalue weighted by Crippen LogP contribution is -2.38. The highest BCUT2D eigenvalue weighted by Gasteiger charge is 2.23. The van der Waals surface area contributed by atoms with Crippen LogP contribution in [0.15, 0.2) is 24.3 Å². The largest absolute Gasteiger partial charge is 0.337 e. The molecule has 1 N–H and O–H groups in total. The van der Waals surface area contributed by atoms with Gasteiger partial charge in [0.25, 0.3) is 5.91 Å². The summed E-state index contributed by atoms with van der Waals surface area (Å²) in [5.74, 6) is 0.119. The highest BCUT2D eigenvalue weighted by atomic mass is 16.2. The van der Waals surface area contributed by atoms with Gasteiger partial charge < -0.3 is 10.2 Å². The number of amides is 1. The molecule has 16 heavy (non-hydrogen) atoms. The second kappa shape index (κ2) is 4.66. The fraction of sp³-hybridized carbons (Fsp3) is 0.462. The summed E-state index contributed by atoms with van der Waals surface area (Å²) >= 11 is 0. The third-order valence-corrected chi connectivity index (χ3v) is 3.20. The van der Waals surface area contributed by atoms with E-state index in [9.17, 15) is 4.79 Å². The topological polar surface area (TPSA) is 32.3 Å². The van der Waals surface area contributed by atoms with Crippen molar-refractivity contribution in [3.63, 3.8) is 0 Å². The molecule has 0 saturated carbocycles. The maximum absolute atomic E-state index is 12.1. The first-order valence-electron chi connectivity index (χ1n) is 5.73. The van der Waals surface area contributed by atoms with Crippen molar-refractivity contribution in [2.75, 3.05) is 20.1 Å². The molecule has 3 heteroatoms. The Labute approximate surface area is 96.5 Å². The third-order valence-electron chi connectivity index (χ3n) is 3.20. The van der Waals surface area contributed by atoms with Crippen LogP contribution in [0.1, 0.15) is 22.3 Å². The molecule has 1 aromatic rings. The van der Waals surface area contributed by atoms with Gasteiger partial charge in [0.1, 0.15) is 0 Å². The van der Waals surface area contributed by atoms with Crippen LogP contribution < -0.4 is 5.32 Å². The highest BCUT2D eigenvalue weighted by molar-refractivity contribution is 5.94. The van der Waals surface area contributed by atoms with Crippen LogP contribution in [0, 0.1) is 6.92 Å². The Morgan fingerprint density at radius 3 is 2.62 bits per heavy atom. The van der Waals surface area contributed by atoms with Crippen LogP contribution in [-0.4, -0.2) is 37.0 Å². The van der Waals surface area contributed by atoms with Crippen LogP contribution in [0.5, 0.6) is 0 Å². The molecule has 1 heterocycles. The predicted octanol–water partition coefficient (Wildman–Crippen LogP) is 1.43.